The van der Waals surface area contributed by atoms with E-state index in [-0.39, 0.29) is 29.8 Å². The summed E-state index contributed by atoms with van der Waals surface area (Å²) in [5.41, 5.74) is 5.67. The summed E-state index contributed by atoms with van der Waals surface area (Å²) in [5, 5.41) is 6.74. The predicted octanol–water partition coefficient (Wildman–Crippen LogP) is 6.19. The number of nitrogens with one attached hydrogen (secondary N) is 2. The predicted molar refractivity (Wildman–Crippen MR) is 178 cm³/mol. The molecule has 8 rings (SSSR count). The Morgan fingerprint density at radius 3 is 2.50 bits per heavy atom. The Labute approximate surface area is 268 Å². The molecule has 0 radical (unpaired) electrons. The van der Waals surface area contributed by atoms with Crippen LogP contribution in [0.1, 0.15) is 53.6 Å². The van der Waals surface area contributed by atoms with Gasteiger partial charge in [0.25, 0.3) is 0 Å². The number of aryl methyl sites for hydroxylation is 1. The second-order valence-electron chi connectivity index (χ2n) is 12.9. The van der Waals surface area contributed by atoms with E-state index in [4.69, 9.17) is 9.47 Å². The molecule has 0 saturated carbocycles. The van der Waals surface area contributed by atoms with Crippen LogP contribution in [0.2, 0.25) is 0 Å². The normalized spacial score (nSPS) is 21.9. The number of amides is 2. The van der Waals surface area contributed by atoms with Crippen LogP contribution in [0, 0.1) is 0 Å². The van der Waals surface area contributed by atoms with E-state index in [1.165, 1.54) is 24.8 Å². The van der Waals surface area contributed by atoms with Gasteiger partial charge in [0, 0.05) is 61.4 Å². The van der Waals surface area contributed by atoms with Gasteiger partial charge in [-0.3, -0.25) is 9.69 Å². The molecule has 0 spiro atoms. The molecule has 10 nitrogen and oxygen atoms in total. The zero-order valence-corrected chi connectivity index (χ0v) is 26.0. The number of allylic oxidation sites excluding steroid dienone is 1. The number of pyridine rings is 1. The molecule has 2 amide bonds. The molecule has 2 N–H and O–H groups in total. The molecule has 4 aliphatic heterocycles. The van der Waals surface area contributed by atoms with Gasteiger partial charge < -0.3 is 29.6 Å². The number of nitrogens with zero attached hydrogens (tertiary/aromatic N) is 4. The van der Waals surface area contributed by atoms with Gasteiger partial charge in [0.2, 0.25) is 5.78 Å². The molecule has 4 aliphatic rings. The van der Waals surface area contributed by atoms with Gasteiger partial charge in [-0.1, -0.05) is 18.6 Å². The summed E-state index contributed by atoms with van der Waals surface area (Å²) < 4.78 is 14.1. The molecule has 236 valence electrons. The molecule has 3 fully saturated rings. The zero-order chi connectivity index (χ0) is 31.2. The van der Waals surface area contributed by atoms with Crippen LogP contribution in [-0.2, 0) is 18.3 Å². The highest BCUT2D eigenvalue weighted by molar-refractivity contribution is 6.16. The average molecular weight is 619 g/mol. The lowest BCUT2D eigenvalue weighted by atomic mass is 10.1. The molecule has 2 aromatic carbocycles. The molecule has 46 heavy (non-hydrogen) atoms. The third-order valence-corrected chi connectivity index (χ3v) is 9.53. The van der Waals surface area contributed by atoms with Crippen LogP contribution in [0.25, 0.3) is 17.1 Å². The molecule has 2 unspecified atom stereocenters. The van der Waals surface area contributed by atoms with Crippen LogP contribution in [0.3, 0.4) is 0 Å². The third-order valence-electron chi connectivity index (χ3n) is 9.53. The average Bonchev–Trinajstić information content (AvgIpc) is 3.69. The fourth-order valence-electron chi connectivity index (χ4n) is 7.27. The van der Waals surface area contributed by atoms with Crippen molar-refractivity contribution in [3.05, 3.63) is 83.4 Å². The van der Waals surface area contributed by atoms with Crippen molar-refractivity contribution in [2.24, 2.45) is 7.05 Å². The number of hydrogen-bond acceptors (Lipinski definition) is 7. The summed E-state index contributed by atoms with van der Waals surface area (Å²) in [5.74, 6) is 0.482. The second kappa shape index (κ2) is 11.9. The van der Waals surface area contributed by atoms with E-state index in [1.807, 2.05) is 42.2 Å². The van der Waals surface area contributed by atoms with Gasteiger partial charge in [-0.25, -0.2) is 9.78 Å². The number of carbonyl (C=O) groups is 2. The maximum absolute atomic E-state index is 13.6. The van der Waals surface area contributed by atoms with Crippen molar-refractivity contribution in [3.8, 4) is 5.75 Å². The molecule has 2 atom stereocenters. The number of piperidine rings is 1. The summed E-state index contributed by atoms with van der Waals surface area (Å²) in [6.45, 7) is 4.90. The zero-order valence-electron chi connectivity index (χ0n) is 26.0. The Hall–Kier alpha value is -4.67. The molecule has 3 saturated heterocycles. The Bertz CT molecular complexity index is 1830. The Kier molecular flexibility index (Phi) is 7.46. The maximum Gasteiger partial charge on any atom is 0.323 e. The summed E-state index contributed by atoms with van der Waals surface area (Å²) in [4.78, 5) is 35.9. The lowest BCUT2D eigenvalue weighted by Gasteiger charge is -2.34. The number of benzene rings is 2. The number of carbonyl (C=O) groups excluding carboxylic acids is 2. The molecular formula is C36H38N6O4. The first kappa shape index (κ1) is 28.8. The Balaban J connectivity index is 0.966. The van der Waals surface area contributed by atoms with Crippen molar-refractivity contribution >= 4 is 46.0 Å². The lowest BCUT2D eigenvalue weighted by molar-refractivity contribution is 0.0306. The van der Waals surface area contributed by atoms with Gasteiger partial charge in [0.1, 0.15) is 11.4 Å². The number of morpholine rings is 1. The van der Waals surface area contributed by atoms with Crippen molar-refractivity contribution < 1.29 is 19.1 Å². The number of urea groups is 1. The molecular weight excluding hydrogens is 580 g/mol. The van der Waals surface area contributed by atoms with Crippen molar-refractivity contribution in [2.45, 2.75) is 50.9 Å². The minimum absolute atomic E-state index is 0.227. The van der Waals surface area contributed by atoms with E-state index in [0.717, 1.165) is 67.8 Å². The summed E-state index contributed by atoms with van der Waals surface area (Å²) >= 11 is 0. The van der Waals surface area contributed by atoms with Gasteiger partial charge in [0.15, 0.2) is 5.76 Å². The quantitative estimate of drug-likeness (QED) is 0.249. The number of rotatable bonds is 6. The largest absolute Gasteiger partial charge is 0.452 e. The number of hydrogen-bond donors (Lipinski definition) is 2. The van der Waals surface area contributed by atoms with Crippen LogP contribution in [0.5, 0.6) is 5.75 Å². The number of ether oxygens (including phenoxy) is 2. The van der Waals surface area contributed by atoms with E-state index in [1.54, 1.807) is 24.3 Å². The Morgan fingerprint density at radius 2 is 1.72 bits per heavy atom. The second-order valence-corrected chi connectivity index (χ2v) is 12.9. The first-order valence-electron chi connectivity index (χ1n) is 16.3. The molecule has 10 heteroatoms. The van der Waals surface area contributed by atoms with Crippen LogP contribution in [0.15, 0.2) is 66.7 Å². The van der Waals surface area contributed by atoms with Crippen LogP contribution in [-0.4, -0.2) is 64.7 Å². The monoisotopic (exact) mass is 618 g/mol. The minimum Gasteiger partial charge on any atom is -0.452 e. The Morgan fingerprint density at radius 1 is 0.978 bits per heavy atom. The van der Waals surface area contributed by atoms with Crippen LogP contribution in [0.4, 0.5) is 21.9 Å². The summed E-state index contributed by atoms with van der Waals surface area (Å²) in [6.07, 6.45) is 12.2. The summed E-state index contributed by atoms with van der Waals surface area (Å²) in [6, 6.07) is 14.8. The molecule has 2 aromatic heterocycles. The fourth-order valence-corrected chi connectivity index (χ4v) is 7.27. The van der Waals surface area contributed by atoms with Gasteiger partial charge in [-0.15, -0.1) is 0 Å². The van der Waals surface area contributed by atoms with Gasteiger partial charge in [-0.2, -0.15) is 0 Å². The first-order valence-corrected chi connectivity index (χ1v) is 16.3. The van der Waals surface area contributed by atoms with Crippen molar-refractivity contribution in [1.29, 1.82) is 0 Å². The number of anilines is 3. The van der Waals surface area contributed by atoms with Crippen LogP contribution < -0.4 is 20.3 Å². The van der Waals surface area contributed by atoms with E-state index in [0.29, 0.717) is 22.7 Å². The third kappa shape index (κ3) is 5.63. The lowest BCUT2D eigenvalue weighted by Crippen LogP contribution is -2.42. The number of ketones is 1. The van der Waals surface area contributed by atoms with Crippen molar-refractivity contribution in [1.82, 2.24) is 14.5 Å². The van der Waals surface area contributed by atoms with E-state index in [9.17, 15) is 9.59 Å². The van der Waals surface area contributed by atoms with Crippen molar-refractivity contribution in [2.75, 3.05) is 41.7 Å². The van der Waals surface area contributed by atoms with E-state index < -0.39 is 0 Å². The fraction of sp³-hybridized carbons (Fsp3) is 0.361. The van der Waals surface area contributed by atoms with Gasteiger partial charge >= 0.3 is 6.03 Å². The number of likely N-dealkylation sites (tertiary alicyclic amines) is 1. The minimum atomic E-state index is -0.377. The van der Waals surface area contributed by atoms with Crippen molar-refractivity contribution in [3.63, 3.8) is 0 Å². The summed E-state index contributed by atoms with van der Waals surface area (Å²) in [7, 11) is 1.96. The highest BCUT2D eigenvalue weighted by Gasteiger charge is 2.35. The van der Waals surface area contributed by atoms with Crippen LogP contribution >= 0.6 is 0 Å². The standard InChI is InChI=1S/C36H38N6O4/c1-40-20-24(33-30(13-14-37-35(33)40)42-21-27-10-11-28(22-42)45-27)17-32-34(43)29-18-26(9-12-31(29)46-32)39-36(44)38-25-7-5-23(6-8-25)19-41-15-3-2-4-16-41/h5-9,12-14,17-18,20,27-28H,2-4,10-11,15-16,19,21-22H2,1H3,(H2,38,39,44). The molecule has 0 aliphatic carbocycles. The highest BCUT2D eigenvalue weighted by atomic mass is 16.5. The highest BCUT2D eigenvalue weighted by Crippen LogP contribution is 2.38. The molecule has 4 aromatic rings. The number of fused-ring (bicyclic) bond motifs is 4. The molecule has 2 bridgehead atoms. The van der Waals surface area contributed by atoms with E-state index in [2.05, 4.69) is 37.6 Å². The van der Waals surface area contributed by atoms with E-state index >= 15 is 0 Å². The van der Waals surface area contributed by atoms with Gasteiger partial charge in [0.05, 0.1) is 23.5 Å². The molecule has 6 heterocycles. The SMILES string of the molecule is Cn1cc(C=C2Oc3ccc(NC(=O)Nc4ccc(CN5CCCCC5)cc4)cc3C2=O)c2c(N3CC4CCC(C3)O4)ccnc21. The maximum atomic E-state index is 13.6. The first-order chi connectivity index (χ1) is 22.5. The number of aromatic nitrogens is 2. The smallest absolute Gasteiger partial charge is 0.323 e. The number of Topliss-reactive ketones (excluding diaryl/α,β-unsaturated/α-hetero) is 1. The topological polar surface area (TPSA) is 101 Å². The van der Waals surface area contributed by atoms with Gasteiger partial charge in [-0.05, 0) is 86.8 Å².